The van der Waals surface area contributed by atoms with Gasteiger partial charge >= 0.3 is 0 Å². The Kier molecular flexibility index (Phi) is 6.14. The Bertz CT molecular complexity index is 257. The van der Waals surface area contributed by atoms with Crippen LogP contribution in [0.15, 0.2) is 12.2 Å². The van der Waals surface area contributed by atoms with Crippen molar-refractivity contribution in [2.24, 2.45) is 11.8 Å². The van der Waals surface area contributed by atoms with E-state index >= 15 is 0 Å². The predicted molar refractivity (Wildman–Crippen MR) is 62.5 cm³/mol. The van der Waals surface area contributed by atoms with Crippen molar-refractivity contribution in [2.75, 3.05) is 6.61 Å². The molecule has 0 radical (unpaired) electrons. The standard InChI is InChI=1S/C13H21NO2/c14-9-5-3-1-2-4-6-12-11(10-15)7-8-13(12)16/h2,4,11-13,15-16H,1,3,5-8,10H2/b4-2-. The highest BCUT2D eigenvalue weighted by Gasteiger charge is 2.33. The van der Waals surface area contributed by atoms with Crippen LogP contribution in [0, 0.1) is 23.2 Å². The summed E-state index contributed by atoms with van der Waals surface area (Å²) >= 11 is 0. The highest BCUT2D eigenvalue weighted by molar-refractivity contribution is 4.92. The average molecular weight is 223 g/mol. The molecule has 0 aromatic carbocycles. The second-order valence-electron chi connectivity index (χ2n) is 4.51. The highest BCUT2D eigenvalue weighted by atomic mass is 16.3. The average Bonchev–Trinajstić information content (AvgIpc) is 2.65. The van der Waals surface area contributed by atoms with E-state index in [2.05, 4.69) is 18.2 Å². The van der Waals surface area contributed by atoms with Crippen LogP contribution in [0.1, 0.15) is 38.5 Å². The fraction of sp³-hybridized carbons (Fsp3) is 0.769. The van der Waals surface area contributed by atoms with Gasteiger partial charge in [-0.15, -0.1) is 0 Å². The van der Waals surface area contributed by atoms with Crippen LogP contribution in [0.25, 0.3) is 0 Å². The molecule has 0 saturated heterocycles. The number of allylic oxidation sites excluding steroid dienone is 2. The Morgan fingerprint density at radius 2 is 2.12 bits per heavy atom. The molecule has 1 fully saturated rings. The number of nitriles is 1. The molecule has 0 aliphatic heterocycles. The second kappa shape index (κ2) is 7.43. The molecule has 1 rings (SSSR count). The minimum absolute atomic E-state index is 0.185. The van der Waals surface area contributed by atoms with E-state index < -0.39 is 0 Å². The highest BCUT2D eigenvalue weighted by Crippen LogP contribution is 2.34. The lowest BCUT2D eigenvalue weighted by Crippen LogP contribution is -2.20. The molecule has 1 aliphatic carbocycles. The van der Waals surface area contributed by atoms with Crippen LogP contribution in [0.5, 0.6) is 0 Å². The smallest absolute Gasteiger partial charge is 0.0621 e. The van der Waals surface area contributed by atoms with E-state index in [4.69, 9.17) is 10.4 Å². The van der Waals surface area contributed by atoms with Crippen molar-refractivity contribution >= 4 is 0 Å². The monoisotopic (exact) mass is 223 g/mol. The number of aliphatic hydroxyl groups excluding tert-OH is 2. The Balaban J connectivity index is 2.22. The Morgan fingerprint density at radius 1 is 1.31 bits per heavy atom. The van der Waals surface area contributed by atoms with Crippen molar-refractivity contribution in [1.82, 2.24) is 0 Å². The maximum absolute atomic E-state index is 9.74. The predicted octanol–water partition coefficient (Wildman–Crippen LogP) is 2.01. The van der Waals surface area contributed by atoms with Crippen LogP contribution < -0.4 is 0 Å². The molecule has 3 unspecified atom stereocenters. The summed E-state index contributed by atoms with van der Waals surface area (Å²) in [5.41, 5.74) is 0. The molecule has 16 heavy (non-hydrogen) atoms. The Morgan fingerprint density at radius 3 is 2.81 bits per heavy atom. The summed E-state index contributed by atoms with van der Waals surface area (Å²) in [6.45, 7) is 0.185. The minimum atomic E-state index is -0.249. The molecule has 0 amide bonds. The van der Waals surface area contributed by atoms with Crippen molar-refractivity contribution in [3.63, 3.8) is 0 Å². The minimum Gasteiger partial charge on any atom is -0.396 e. The van der Waals surface area contributed by atoms with Crippen LogP contribution in [0.3, 0.4) is 0 Å². The molecule has 0 aromatic heterocycles. The first-order valence-corrected chi connectivity index (χ1v) is 6.10. The van der Waals surface area contributed by atoms with Gasteiger partial charge in [0.25, 0.3) is 0 Å². The van der Waals surface area contributed by atoms with Gasteiger partial charge < -0.3 is 10.2 Å². The van der Waals surface area contributed by atoms with Crippen LogP contribution in [-0.2, 0) is 0 Å². The van der Waals surface area contributed by atoms with E-state index in [0.717, 1.165) is 32.1 Å². The first-order valence-electron chi connectivity index (χ1n) is 6.10. The van der Waals surface area contributed by atoms with Gasteiger partial charge in [0.1, 0.15) is 0 Å². The van der Waals surface area contributed by atoms with Crippen LogP contribution in [0.4, 0.5) is 0 Å². The number of unbranched alkanes of at least 4 members (excludes halogenated alkanes) is 2. The van der Waals surface area contributed by atoms with Crippen LogP contribution in [-0.4, -0.2) is 22.9 Å². The maximum Gasteiger partial charge on any atom is 0.0621 e. The quantitative estimate of drug-likeness (QED) is 0.534. The van der Waals surface area contributed by atoms with Gasteiger partial charge in [-0.3, -0.25) is 0 Å². The molecule has 1 saturated carbocycles. The number of nitrogens with zero attached hydrogens (tertiary/aromatic N) is 1. The normalized spacial score (nSPS) is 29.7. The molecule has 3 heteroatoms. The van der Waals surface area contributed by atoms with Crippen molar-refractivity contribution in [1.29, 1.82) is 5.26 Å². The van der Waals surface area contributed by atoms with Gasteiger partial charge in [-0.1, -0.05) is 12.2 Å². The fourth-order valence-corrected chi connectivity index (χ4v) is 2.37. The molecular weight excluding hydrogens is 202 g/mol. The summed E-state index contributed by atoms with van der Waals surface area (Å²) in [5, 5.41) is 27.3. The molecular formula is C13H21NO2. The maximum atomic E-state index is 9.74. The lowest BCUT2D eigenvalue weighted by atomic mass is 9.92. The largest absolute Gasteiger partial charge is 0.396 e. The van der Waals surface area contributed by atoms with Crippen LogP contribution >= 0.6 is 0 Å². The Hall–Kier alpha value is -0.850. The summed E-state index contributed by atoms with van der Waals surface area (Å²) in [6.07, 6.45) is 8.96. The zero-order chi connectivity index (χ0) is 11.8. The lowest BCUT2D eigenvalue weighted by Gasteiger charge is -2.18. The molecule has 3 nitrogen and oxygen atoms in total. The second-order valence-corrected chi connectivity index (χ2v) is 4.51. The van der Waals surface area contributed by atoms with Gasteiger partial charge in [-0.2, -0.15) is 5.26 Å². The first-order chi connectivity index (χ1) is 7.79. The molecule has 0 bridgehead atoms. The third kappa shape index (κ3) is 3.96. The van der Waals surface area contributed by atoms with Crippen molar-refractivity contribution < 1.29 is 10.2 Å². The van der Waals surface area contributed by atoms with E-state index in [1.165, 1.54) is 0 Å². The topological polar surface area (TPSA) is 64.2 Å². The lowest BCUT2D eigenvalue weighted by molar-refractivity contribution is 0.0992. The molecule has 0 heterocycles. The third-order valence-electron chi connectivity index (χ3n) is 3.40. The molecule has 1 aliphatic rings. The summed E-state index contributed by atoms with van der Waals surface area (Å²) in [4.78, 5) is 0. The zero-order valence-corrected chi connectivity index (χ0v) is 9.68. The van der Waals surface area contributed by atoms with Gasteiger partial charge in [-0.25, -0.2) is 0 Å². The third-order valence-corrected chi connectivity index (χ3v) is 3.40. The molecule has 0 spiro atoms. The van der Waals surface area contributed by atoms with E-state index in [9.17, 15) is 5.11 Å². The summed E-state index contributed by atoms with van der Waals surface area (Å²) < 4.78 is 0. The van der Waals surface area contributed by atoms with E-state index in [1.807, 2.05) is 0 Å². The summed E-state index contributed by atoms with van der Waals surface area (Å²) in [7, 11) is 0. The number of hydrogen-bond acceptors (Lipinski definition) is 3. The Labute approximate surface area is 97.4 Å². The summed E-state index contributed by atoms with van der Waals surface area (Å²) in [6, 6.07) is 2.12. The number of hydrogen-bond donors (Lipinski definition) is 2. The molecule has 0 aromatic rings. The van der Waals surface area contributed by atoms with Gasteiger partial charge in [0.05, 0.1) is 12.2 Å². The molecule has 3 atom stereocenters. The van der Waals surface area contributed by atoms with Gasteiger partial charge in [0.2, 0.25) is 0 Å². The SMILES string of the molecule is N#CCCC/C=C\CC1C(O)CCC1CO. The van der Waals surface area contributed by atoms with E-state index in [0.29, 0.717) is 6.42 Å². The van der Waals surface area contributed by atoms with E-state index in [-0.39, 0.29) is 24.5 Å². The van der Waals surface area contributed by atoms with Crippen LogP contribution in [0.2, 0.25) is 0 Å². The van der Waals surface area contributed by atoms with Crippen molar-refractivity contribution in [3.8, 4) is 6.07 Å². The van der Waals surface area contributed by atoms with Crippen molar-refractivity contribution in [2.45, 2.75) is 44.6 Å². The number of rotatable bonds is 6. The first kappa shape index (κ1) is 13.2. The van der Waals surface area contributed by atoms with Gasteiger partial charge in [0, 0.05) is 13.0 Å². The zero-order valence-electron chi connectivity index (χ0n) is 9.68. The van der Waals surface area contributed by atoms with Crippen molar-refractivity contribution in [3.05, 3.63) is 12.2 Å². The fourth-order valence-electron chi connectivity index (χ4n) is 2.37. The molecule has 2 N–H and O–H groups in total. The summed E-state index contributed by atoms with van der Waals surface area (Å²) in [5.74, 6) is 0.482. The van der Waals surface area contributed by atoms with Gasteiger partial charge in [-0.05, 0) is 43.9 Å². The number of aliphatic hydroxyl groups is 2. The molecule has 90 valence electrons. The van der Waals surface area contributed by atoms with Gasteiger partial charge in [0.15, 0.2) is 0 Å². The van der Waals surface area contributed by atoms with E-state index in [1.54, 1.807) is 0 Å².